The maximum Gasteiger partial charge on any atom is 0.287 e. The highest BCUT2D eigenvalue weighted by Gasteiger charge is 2.30. The van der Waals surface area contributed by atoms with Crippen molar-refractivity contribution in [3.63, 3.8) is 0 Å². The van der Waals surface area contributed by atoms with E-state index in [0.717, 1.165) is 38.5 Å². The smallest absolute Gasteiger partial charge is 0.287 e. The third kappa shape index (κ3) is 5.32. The Bertz CT molecular complexity index is 1180. The van der Waals surface area contributed by atoms with E-state index in [2.05, 4.69) is 5.32 Å². The van der Waals surface area contributed by atoms with Gasteiger partial charge in [0.15, 0.2) is 5.76 Å². The summed E-state index contributed by atoms with van der Waals surface area (Å²) in [5.41, 5.74) is 0.716. The van der Waals surface area contributed by atoms with Gasteiger partial charge in [0.25, 0.3) is 15.9 Å². The zero-order valence-electron chi connectivity index (χ0n) is 18.4. The van der Waals surface area contributed by atoms with Crippen molar-refractivity contribution in [3.05, 3.63) is 47.7 Å². The number of nitrogens with zero attached hydrogens (tertiary/aromatic N) is 2. The van der Waals surface area contributed by atoms with Crippen molar-refractivity contribution in [2.75, 3.05) is 26.2 Å². The molecule has 0 radical (unpaired) electrons. The molecule has 1 aromatic heterocycles. The standard InChI is InChI=1S/C22H29N3O6S2/c26-22(20-11-12-21(31-20)33(29,30)25-15-5-2-6-16-25)23-17-18-7-9-19(10-8-18)32(27,28)24-13-3-1-4-14-24/h7-12H,1-6,13-17H2,(H,23,26). The average molecular weight is 496 g/mol. The van der Waals surface area contributed by atoms with Gasteiger partial charge in [0, 0.05) is 32.7 Å². The minimum Gasteiger partial charge on any atom is -0.438 e. The Labute approximate surface area is 194 Å². The SMILES string of the molecule is O=C(NCc1ccc(S(=O)(=O)N2CCCCC2)cc1)c1ccc(S(=O)(=O)N2CCCCC2)o1. The summed E-state index contributed by atoms with van der Waals surface area (Å²) in [5.74, 6) is -0.630. The second kappa shape index (κ2) is 9.96. The summed E-state index contributed by atoms with van der Waals surface area (Å²) in [7, 11) is -7.25. The molecular weight excluding hydrogens is 466 g/mol. The summed E-state index contributed by atoms with van der Waals surface area (Å²) >= 11 is 0. The van der Waals surface area contributed by atoms with Crippen LogP contribution in [0.25, 0.3) is 0 Å². The van der Waals surface area contributed by atoms with E-state index in [4.69, 9.17) is 4.42 Å². The number of sulfonamides is 2. The molecule has 0 saturated carbocycles. The number of hydrogen-bond donors (Lipinski definition) is 1. The maximum absolute atomic E-state index is 12.7. The number of rotatable bonds is 7. The first-order valence-corrected chi connectivity index (χ1v) is 14.1. The summed E-state index contributed by atoms with van der Waals surface area (Å²) in [6.07, 6.45) is 5.42. The van der Waals surface area contributed by atoms with Crippen LogP contribution in [0.5, 0.6) is 0 Å². The second-order valence-corrected chi connectivity index (χ2v) is 12.2. The van der Waals surface area contributed by atoms with Crippen LogP contribution < -0.4 is 5.32 Å². The van der Waals surface area contributed by atoms with Gasteiger partial charge in [0.1, 0.15) is 0 Å². The lowest BCUT2D eigenvalue weighted by Crippen LogP contribution is -2.35. The van der Waals surface area contributed by atoms with Crippen molar-refractivity contribution < 1.29 is 26.0 Å². The van der Waals surface area contributed by atoms with E-state index in [1.807, 2.05) is 0 Å². The van der Waals surface area contributed by atoms with E-state index in [9.17, 15) is 21.6 Å². The molecule has 4 rings (SSSR count). The van der Waals surface area contributed by atoms with Gasteiger partial charge in [-0.05, 0) is 55.5 Å². The van der Waals surface area contributed by atoms with Gasteiger partial charge >= 0.3 is 0 Å². The molecule has 2 aliphatic rings. The third-order valence-corrected chi connectivity index (χ3v) is 9.73. The van der Waals surface area contributed by atoms with Crippen molar-refractivity contribution in [2.45, 2.75) is 55.1 Å². The van der Waals surface area contributed by atoms with Crippen LogP contribution in [-0.2, 0) is 26.6 Å². The maximum atomic E-state index is 12.7. The summed E-state index contributed by atoms with van der Waals surface area (Å²) in [5, 5.41) is 2.45. The van der Waals surface area contributed by atoms with Gasteiger partial charge in [-0.3, -0.25) is 4.79 Å². The molecule has 2 saturated heterocycles. The van der Waals surface area contributed by atoms with E-state index in [-0.39, 0.29) is 22.3 Å². The average Bonchev–Trinajstić information content (AvgIpc) is 3.35. The zero-order valence-corrected chi connectivity index (χ0v) is 20.0. The van der Waals surface area contributed by atoms with Crippen LogP contribution in [0.4, 0.5) is 0 Å². The minimum atomic E-state index is -3.74. The fourth-order valence-electron chi connectivity index (χ4n) is 4.12. The largest absolute Gasteiger partial charge is 0.438 e. The van der Waals surface area contributed by atoms with Gasteiger partial charge in [0.05, 0.1) is 4.90 Å². The first-order chi connectivity index (χ1) is 15.8. The molecule has 2 aromatic rings. The van der Waals surface area contributed by atoms with E-state index >= 15 is 0 Å². The third-order valence-electron chi connectivity index (χ3n) is 6.04. The van der Waals surface area contributed by atoms with Gasteiger partial charge < -0.3 is 9.73 Å². The van der Waals surface area contributed by atoms with Gasteiger partial charge in [-0.1, -0.05) is 25.0 Å². The number of carbonyl (C=O) groups excluding carboxylic acids is 1. The number of furan rings is 1. The summed E-state index contributed by atoms with van der Waals surface area (Å²) in [6.45, 7) is 2.14. The number of piperidine rings is 2. The highest BCUT2D eigenvalue weighted by atomic mass is 32.2. The molecule has 2 aliphatic heterocycles. The second-order valence-electron chi connectivity index (χ2n) is 8.37. The Balaban J connectivity index is 1.36. The molecule has 180 valence electrons. The highest BCUT2D eigenvalue weighted by molar-refractivity contribution is 7.89. The van der Waals surface area contributed by atoms with Gasteiger partial charge in [0.2, 0.25) is 15.1 Å². The highest BCUT2D eigenvalue weighted by Crippen LogP contribution is 2.23. The Kier molecular flexibility index (Phi) is 7.22. The number of nitrogens with one attached hydrogen (secondary N) is 1. The molecule has 9 nitrogen and oxygen atoms in total. The monoisotopic (exact) mass is 495 g/mol. The topological polar surface area (TPSA) is 117 Å². The van der Waals surface area contributed by atoms with E-state index in [0.29, 0.717) is 31.7 Å². The minimum absolute atomic E-state index is 0.0881. The number of hydrogen-bond acceptors (Lipinski definition) is 6. The Morgan fingerprint density at radius 2 is 1.30 bits per heavy atom. The molecular formula is C22H29N3O6S2. The molecule has 3 heterocycles. The van der Waals surface area contributed by atoms with Crippen LogP contribution in [0.3, 0.4) is 0 Å². The van der Waals surface area contributed by atoms with E-state index in [1.54, 1.807) is 24.3 Å². The predicted octanol–water partition coefficient (Wildman–Crippen LogP) is 2.56. The number of benzene rings is 1. The molecule has 33 heavy (non-hydrogen) atoms. The molecule has 1 aromatic carbocycles. The van der Waals surface area contributed by atoms with E-state index < -0.39 is 26.0 Å². The quantitative estimate of drug-likeness (QED) is 0.631. The summed E-state index contributed by atoms with van der Waals surface area (Å²) < 4.78 is 59.1. The van der Waals surface area contributed by atoms with E-state index in [1.165, 1.54) is 20.7 Å². The molecule has 0 spiro atoms. The van der Waals surface area contributed by atoms with Crippen LogP contribution in [0.15, 0.2) is 50.8 Å². The molecule has 1 amide bonds. The van der Waals surface area contributed by atoms with Crippen molar-refractivity contribution in [1.82, 2.24) is 13.9 Å². The first kappa shape index (κ1) is 23.9. The fraction of sp³-hybridized carbons (Fsp3) is 0.500. The predicted molar refractivity (Wildman–Crippen MR) is 122 cm³/mol. The zero-order chi connectivity index (χ0) is 23.5. The van der Waals surface area contributed by atoms with Gasteiger partial charge in [-0.2, -0.15) is 8.61 Å². The lowest BCUT2D eigenvalue weighted by Gasteiger charge is -2.25. The lowest BCUT2D eigenvalue weighted by atomic mass is 10.2. The van der Waals surface area contributed by atoms with Gasteiger partial charge in [-0.15, -0.1) is 0 Å². The van der Waals surface area contributed by atoms with Crippen LogP contribution >= 0.6 is 0 Å². The Hall–Kier alpha value is -2.21. The van der Waals surface area contributed by atoms with Crippen molar-refractivity contribution >= 4 is 26.0 Å². The van der Waals surface area contributed by atoms with Crippen LogP contribution in [0, 0.1) is 0 Å². The van der Waals surface area contributed by atoms with Crippen molar-refractivity contribution in [1.29, 1.82) is 0 Å². The summed E-state index contributed by atoms with van der Waals surface area (Å²) in [4.78, 5) is 12.7. The summed E-state index contributed by atoms with van der Waals surface area (Å²) in [6, 6.07) is 9.06. The van der Waals surface area contributed by atoms with Gasteiger partial charge in [-0.25, -0.2) is 16.8 Å². The number of carbonyl (C=O) groups is 1. The molecule has 11 heteroatoms. The van der Waals surface area contributed by atoms with Crippen molar-refractivity contribution in [3.8, 4) is 0 Å². The molecule has 0 atom stereocenters. The number of amides is 1. The molecule has 0 bridgehead atoms. The fourth-order valence-corrected chi connectivity index (χ4v) is 7.06. The van der Waals surface area contributed by atoms with Crippen LogP contribution in [-0.4, -0.2) is 57.5 Å². The molecule has 0 aliphatic carbocycles. The first-order valence-electron chi connectivity index (χ1n) is 11.3. The van der Waals surface area contributed by atoms with Crippen molar-refractivity contribution in [2.24, 2.45) is 0 Å². The van der Waals surface area contributed by atoms with Crippen LogP contribution in [0.2, 0.25) is 0 Å². The Morgan fingerprint density at radius 3 is 1.88 bits per heavy atom. The Morgan fingerprint density at radius 1 is 0.758 bits per heavy atom. The van der Waals surface area contributed by atoms with Crippen LogP contribution in [0.1, 0.15) is 54.6 Å². The normalized spacial score (nSPS) is 18.8. The lowest BCUT2D eigenvalue weighted by molar-refractivity contribution is 0.0917. The molecule has 2 fully saturated rings. The molecule has 1 N–H and O–H groups in total. The molecule has 0 unspecified atom stereocenters.